The zero-order valence-corrected chi connectivity index (χ0v) is 10.5. The molecule has 0 fully saturated rings. The predicted octanol–water partition coefficient (Wildman–Crippen LogP) is 1.99. The number of nitrogens with one attached hydrogen (secondary N) is 1. The van der Waals surface area contributed by atoms with Crippen LogP contribution in [0.2, 0.25) is 0 Å². The van der Waals surface area contributed by atoms with Crippen molar-refractivity contribution in [2.75, 3.05) is 5.32 Å². The van der Waals surface area contributed by atoms with Crippen LogP contribution in [-0.2, 0) is 10.2 Å². The molecular formula is C12H16N4O. The summed E-state index contributed by atoms with van der Waals surface area (Å²) in [4.78, 5) is 15.3. The van der Waals surface area contributed by atoms with Gasteiger partial charge in [-0.15, -0.1) is 0 Å². The number of amides is 1. The summed E-state index contributed by atoms with van der Waals surface area (Å²) in [5.41, 5.74) is 1.51. The highest BCUT2D eigenvalue weighted by Gasteiger charge is 2.18. The van der Waals surface area contributed by atoms with Gasteiger partial charge in [0.05, 0.1) is 23.6 Å². The second-order valence-electron chi connectivity index (χ2n) is 5.11. The zero-order chi connectivity index (χ0) is 12.6. The van der Waals surface area contributed by atoms with Crippen molar-refractivity contribution in [3.63, 3.8) is 0 Å². The summed E-state index contributed by atoms with van der Waals surface area (Å²) >= 11 is 0. The zero-order valence-electron chi connectivity index (χ0n) is 10.5. The number of carbonyl (C=O) groups is 1. The molecular weight excluding hydrogens is 216 g/mol. The molecule has 0 radical (unpaired) electrons. The van der Waals surface area contributed by atoms with E-state index in [0.29, 0.717) is 0 Å². The van der Waals surface area contributed by atoms with Crippen LogP contribution in [0.3, 0.4) is 0 Å². The van der Waals surface area contributed by atoms with Crippen molar-refractivity contribution < 1.29 is 4.79 Å². The number of nitrogens with zero attached hydrogens (tertiary/aromatic N) is 3. The van der Waals surface area contributed by atoms with E-state index in [1.807, 2.05) is 6.07 Å². The Labute approximate surface area is 99.9 Å². The second-order valence-corrected chi connectivity index (χ2v) is 5.11. The van der Waals surface area contributed by atoms with E-state index in [9.17, 15) is 4.79 Å². The standard InChI is InChI=1S/C12H16N4O/c1-8(17)14-9-5-10-6-13-11(12(2,3)4)15-16(10)7-9/h5-7H,1-4H3,(H,14,17). The lowest BCUT2D eigenvalue weighted by Crippen LogP contribution is -2.17. The van der Waals surface area contributed by atoms with Gasteiger partial charge in [-0.3, -0.25) is 4.79 Å². The van der Waals surface area contributed by atoms with Crippen molar-refractivity contribution in [3.05, 3.63) is 24.3 Å². The number of aromatic nitrogens is 3. The van der Waals surface area contributed by atoms with E-state index in [2.05, 4.69) is 36.2 Å². The molecule has 0 saturated carbocycles. The molecule has 0 aliphatic heterocycles. The van der Waals surface area contributed by atoms with Crippen molar-refractivity contribution in [1.29, 1.82) is 0 Å². The minimum atomic E-state index is -0.0927. The third kappa shape index (κ3) is 2.43. The van der Waals surface area contributed by atoms with E-state index in [-0.39, 0.29) is 11.3 Å². The Balaban J connectivity index is 2.44. The van der Waals surface area contributed by atoms with Gasteiger partial charge in [0.1, 0.15) is 0 Å². The van der Waals surface area contributed by atoms with E-state index in [1.54, 1.807) is 16.9 Å². The minimum Gasteiger partial charge on any atom is -0.325 e. The van der Waals surface area contributed by atoms with E-state index in [4.69, 9.17) is 0 Å². The van der Waals surface area contributed by atoms with Crippen LogP contribution >= 0.6 is 0 Å². The van der Waals surface area contributed by atoms with Crippen LogP contribution in [-0.4, -0.2) is 20.5 Å². The lowest BCUT2D eigenvalue weighted by Gasteiger charge is -2.15. The molecule has 0 atom stereocenters. The summed E-state index contributed by atoms with van der Waals surface area (Å²) in [5, 5.41) is 7.15. The maximum atomic E-state index is 11.0. The fourth-order valence-corrected chi connectivity index (χ4v) is 1.52. The average molecular weight is 232 g/mol. The molecule has 0 aromatic carbocycles. The molecule has 17 heavy (non-hydrogen) atoms. The predicted molar refractivity (Wildman–Crippen MR) is 66.0 cm³/mol. The molecule has 0 aliphatic carbocycles. The van der Waals surface area contributed by atoms with E-state index in [1.165, 1.54) is 6.92 Å². The molecule has 2 aromatic heterocycles. The highest BCUT2D eigenvalue weighted by Crippen LogP contribution is 2.19. The van der Waals surface area contributed by atoms with Crippen molar-refractivity contribution in [1.82, 2.24) is 14.6 Å². The fraction of sp³-hybridized carbons (Fsp3) is 0.417. The Morgan fingerprint density at radius 1 is 1.41 bits per heavy atom. The van der Waals surface area contributed by atoms with Crippen LogP contribution in [0.25, 0.3) is 5.52 Å². The number of fused-ring (bicyclic) bond motifs is 1. The highest BCUT2D eigenvalue weighted by molar-refractivity contribution is 5.89. The summed E-state index contributed by atoms with van der Waals surface area (Å²) in [6.07, 6.45) is 3.55. The smallest absolute Gasteiger partial charge is 0.221 e. The fourth-order valence-electron chi connectivity index (χ4n) is 1.52. The molecule has 5 heteroatoms. The number of rotatable bonds is 1. The second kappa shape index (κ2) is 3.84. The van der Waals surface area contributed by atoms with Gasteiger partial charge in [-0.25, -0.2) is 9.50 Å². The first-order valence-electron chi connectivity index (χ1n) is 5.50. The molecule has 1 N–H and O–H groups in total. The average Bonchev–Trinajstić information content (AvgIpc) is 2.55. The van der Waals surface area contributed by atoms with E-state index < -0.39 is 0 Å². The molecule has 2 heterocycles. The molecule has 5 nitrogen and oxygen atoms in total. The van der Waals surface area contributed by atoms with Crippen molar-refractivity contribution in [3.8, 4) is 0 Å². The molecule has 0 unspecified atom stereocenters. The summed E-state index contributed by atoms with van der Waals surface area (Å²) in [7, 11) is 0. The first-order chi connectivity index (χ1) is 7.86. The van der Waals surface area contributed by atoms with Gasteiger partial charge in [0.15, 0.2) is 5.82 Å². The van der Waals surface area contributed by atoms with E-state index >= 15 is 0 Å². The Morgan fingerprint density at radius 3 is 2.71 bits per heavy atom. The molecule has 0 aliphatic rings. The Bertz CT molecular complexity index is 565. The number of carbonyl (C=O) groups excluding carboxylic acids is 1. The Kier molecular flexibility index (Phi) is 2.61. The van der Waals surface area contributed by atoms with Crippen molar-refractivity contribution in [2.45, 2.75) is 33.1 Å². The van der Waals surface area contributed by atoms with Crippen LogP contribution in [0.15, 0.2) is 18.5 Å². The number of anilines is 1. The summed E-state index contributed by atoms with van der Waals surface area (Å²) in [6.45, 7) is 7.67. The lowest BCUT2D eigenvalue weighted by atomic mass is 9.96. The maximum Gasteiger partial charge on any atom is 0.221 e. The topological polar surface area (TPSA) is 59.3 Å². The third-order valence-electron chi connectivity index (χ3n) is 2.34. The van der Waals surface area contributed by atoms with Crippen molar-refractivity contribution in [2.24, 2.45) is 0 Å². The Hall–Kier alpha value is -1.91. The summed E-state index contributed by atoms with van der Waals surface area (Å²) in [6, 6.07) is 1.84. The first-order valence-corrected chi connectivity index (χ1v) is 5.50. The van der Waals surface area contributed by atoms with Gasteiger partial charge in [-0.2, -0.15) is 5.10 Å². The van der Waals surface area contributed by atoms with Crippen LogP contribution < -0.4 is 5.32 Å². The SMILES string of the molecule is CC(=O)Nc1cc2cnc(C(C)(C)C)nn2c1. The van der Waals surface area contributed by atoms with Gasteiger partial charge in [0.25, 0.3) is 0 Å². The lowest BCUT2D eigenvalue weighted by molar-refractivity contribution is -0.114. The quantitative estimate of drug-likeness (QED) is 0.818. The minimum absolute atomic E-state index is 0.0906. The van der Waals surface area contributed by atoms with Gasteiger partial charge in [0, 0.05) is 12.3 Å². The molecule has 2 aromatic rings. The largest absolute Gasteiger partial charge is 0.325 e. The molecule has 0 bridgehead atoms. The highest BCUT2D eigenvalue weighted by atomic mass is 16.1. The van der Waals surface area contributed by atoms with Crippen LogP contribution in [0.5, 0.6) is 0 Å². The molecule has 0 spiro atoms. The van der Waals surface area contributed by atoms with Gasteiger partial charge < -0.3 is 5.32 Å². The first kappa shape index (κ1) is 11.6. The summed E-state index contributed by atoms with van der Waals surface area (Å²) < 4.78 is 1.73. The van der Waals surface area contributed by atoms with Crippen LogP contribution in [0.1, 0.15) is 33.5 Å². The van der Waals surface area contributed by atoms with Gasteiger partial charge in [-0.1, -0.05) is 20.8 Å². The third-order valence-corrected chi connectivity index (χ3v) is 2.34. The van der Waals surface area contributed by atoms with Crippen LogP contribution in [0, 0.1) is 0 Å². The number of hydrogen-bond acceptors (Lipinski definition) is 3. The van der Waals surface area contributed by atoms with Crippen molar-refractivity contribution >= 4 is 17.1 Å². The maximum absolute atomic E-state index is 11.0. The van der Waals surface area contributed by atoms with E-state index in [0.717, 1.165) is 17.0 Å². The Morgan fingerprint density at radius 2 is 2.12 bits per heavy atom. The molecule has 0 saturated heterocycles. The monoisotopic (exact) mass is 232 g/mol. The number of hydrogen-bond donors (Lipinski definition) is 1. The molecule has 90 valence electrons. The van der Waals surface area contributed by atoms with Crippen LogP contribution in [0.4, 0.5) is 5.69 Å². The molecule has 1 amide bonds. The van der Waals surface area contributed by atoms with Gasteiger partial charge >= 0.3 is 0 Å². The molecule has 2 rings (SSSR count). The van der Waals surface area contributed by atoms with Gasteiger partial charge in [0.2, 0.25) is 5.91 Å². The van der Waals surface area contributed by atoms with Gasteiger partial charge in [-0.05, 0) is 6.07 Å². The normalized spacial score (nSPS) is 11.8. The summed E-state index contributed by atoms with van der Waals surface area (Å²) in [5.74, 6) is 0.680.